The molecule has 1 aliphatic heterocycles. The van der Waals surface area contributed by atoms with E-state index in [1.165, 1.54) is 6.42 Å². The van der Waals surface area contributed by atoms with Crippen LogP contribution in [0.25, 0.3) is 0 Å². The van der Waals surface area contributed by atoms with Crippen LogP contribution in [0.4, 0.5) is 4.79 Å². The van der Waals surface area contributed by atoms with Gasteiger partial charge in [0.15, 0.2) is 0 Å². The highest BCUT2D eigenvalue weighted by atomic mass is 16.2. The summed E-state index contributed by atoms with van der Waals surface area (Å²) < 4.78 is 0. The van der Waals surface area contributed by atoms with Gasteiger partial charge in [-0.1, -0.05) is 0 Å². The number of carbonyl (C=O) groups is 1. The van der Waals surface area contributed by atoms with Crippen LogP contribution in [-0.4, -0.2) is 73.6 Å². The number of amides is 2. The Bertz CT molecular complexity index is 227. The monoisotopic (exact) mass is 242 g/mol. The number of urea groups is 1. The Morgan fingerprint density at radius 1 is 1.24 bits per heavy atom. The van der Waals surface area contributed by atoms with Gasteiger partial charge in [0.05, 0.1) is 0 Å². The molecule has 0 bridgehead atoms. The molecule has 2 N–H and O–H groups in total. The molecule has 1 heterocycles. The van der Waals surface area contributed by atoms with Crippen LogP contribution >= 0.6 is 0 Å². The van der Waals surface area contributed by atoms with Crippen molar-refractivity contribution in [2.24, 2.45) is 5.73 Å². The van der Waals surface area contributed by atoms with Crippen molar-refractivity contribution in [2.75, 3.05) is 52.9 Å². The van der Waals surface area contributed by atoms with Crippen molar-refractivity contribution in [3.05, 3.63) is 0 Å². The van der Waals surface area contributed by atoms with E-state index in [-0.39, 0.29) is 6.03 Å². The SMILES string of the molecule is CCN(C)C(=O)N1CCN(CCCCN)CC1. The highest BCUT2D eigenvalue weighted by Crippen LogP contribution is 2.05. The van der Waals surface area contributed by atoms with Gasteiger partial charge in [0, 0.05) is 39.8 Å². The number of hydrogen-bond acceptors (Lipinski definition) is 3. The second kappa shape index (κ2) is 7.50. The summed E-state index contributed by atoms with van der Waals surface area (Å²) in [6, 6.07) is 0.161. The number of hydrogen-bond donors (Lipinski definition) is 1. The van der Waals surface area contributed by atoms with Gasteiger partial charge in [0.25, 0.3) is 0 Å². The van der Waals surface area contributed by atoms with E-state index in [9.17, 15) is 4.79 Å². The van der Waals surface area contributed by atoms with Crippen LogP contribution in [0.3, 0.4) is 0 Å². The molecule has 0 atom stereocenters. The molecule has 5 nitrogen and oxygen atoms in total. The molecule has 100 valence electrons. The first-order chi connectivity index (χ1) is 8.19. The first kappa shape index (κ1) is 14.3. The highest BCUT2D eigenvalue weighted by molar-refractivity contribution is 5.74. The number of carbonyl (C=O) groups excluding carboxylic acids is 1. The number of unbranched alkanes of at least 4 members (excludes halogenated alkanes) is 1. The molecule has 0 aromatic rings. The van der Waals surface area contributed by atoms with Crippen LogP contribution in [0.2, 0.25) is 0 Å². The molecular formula is C12H26N4O. The zero-order valence-electron chi connectivity index (χ0n) is 11.2. The fourth-order valence-corrected chi connectivity index (χ4v) is 2.02. The number of piperazine rings is 1. The summed E-state index contributed by atoms with van der Waals surface area (Å²) in [7, 11) is 1.86. The maximum atomic E-state index is 11.9. The molecule has 1 rings (SSSR count). The lowest BCUT2D eigenvalue weighted by Gasteiger charge is -2.36. The lowest BCUT2D eigenvalue weighted by Crippen LogP contribution is -2.52. The summed E-state index contributed by atoms with van der Waals surface area (Å²) >= 11 is 0. The first-order valence-electron chi connectivity index (χ1n) is 6.61. The molecule has 2 amide bonds. The third-order valence-corrected chi connectivity index (χ3v) is 3.37. The Morgan fingerprint density at radius 3 is 2.41 bits per heavy atom. The standard InChI is InChI=1S/C12H26N4O/c1-3-14(2)12(17)16-10-8-15(9-11-16)7-5-4-6-13/h3-11,13H2,1-2H3. The minimum atomic E-state index is 0.161. The van der Waals surface area contributed by atoms with Crippen molar-refractivity contribution >= 4 is 6.03 Å². The molecule has 0 aromatic heterocycles. The second-order valence-electron chi connectivity index (χ2n) is 4.62. The molecule has 0 saturated carbocycles. The van der Waals surface area contributed by atoms with Gasteiger partial charge in [-0.25, -0.2) is 4.79 Å². The fraction of sp³-hybridized carbons (Fsp3) is 0.917. The molecule has 0 spiro atoms. The van der Waals surface area contributed by atoms with Gasteiger partial charge in [-0.05, 0) is 32.9 Å². The molecule has 0 radical (unpaired) electrons. The molecule has 5 heteroatoms. The maximum absolute atomic E-state index is 11.9. The van der Waals surface area contributed by atoms with Gasteiger partial charge in [-0.3, -0.25) is 4.90 Å². The summed E-state index contributed by atoms with van der Waals surface area (Å²) in [5, 5.41) is 0. The predicted octanol–water partition coefficient (Wildman–Crippen LogP) is 0.415. The number of rotatable bonds is 5. The van der Waals surface area contributed by atoms with Gasteiger partial charge < -0.3 is 15.5 Å². The predicted molar refractivity (Wildman–Crippen MR) is 70.0 cm³/mol. The minimum absolute atomic E-state index is 0.161. The normalized spacial score (nSPS) is 17.2. The van der Waals surface area contributed by atoms with Gasteiger partial charge in [-0.15, -0.1) is 0 Å². The van der Waals surface area contributed by atoms with E-state index >= 15 is 0 Å². The van der Waals surface area contributed by atoms with Crippen molar-refractivity contribution in [1.82, 2.24) is 14.7 Å². The van der Waals surface area contributed by atoms with E-state index in [1.807, 2.05) is 18.9 Å². The smallest absolute Gasteiger partial charge is 0.319 e. The summed E-state index contributed by atoms with van der Waals surface area (Å²) in [6.45, 7) is 8.36. The number of nitrogens with zero attached hydrogens (tertiary/aromatic N) is 3. The summed E-state index contributed by atoms with van der Waals surface area (Å²) in [6.07, 6.45) is 2.26. The van der Waals surface area contributed by atoms with Crippen LogP contribution in [0.1, 0.15) is 19.8 Å². The van der Waals surface area contributed by atoms with E-state index < -0.39 is 0 Å². The molecule has 0 unspecified atom stereocenters. The lowest BCUT2D eigenvalue weighted by atomic mass is 10.2. The van der Waals surface area contributed by atoms with Crippen molar-refractivity contribution in [3.8, 4) is 0 Å². The summed E-state index contributed by atoms with van der Waals surface area (Å²) in [5.41, 5.74) is 5.48. The van der Waals surface area contributed by atoms with E-state index in [1.54, 1.807) is 4.90 Å². The fourth-order valence-electron chi connectivity index (χ4n) is 2.02. The van der Waals surface area contributed by atoms with Gasteiger partial charge >= 0.3 is 6.03 Å². The zero-order valence-corrected chi connectivity index (χ0v) is 11.2. The Kier molecular flexibility index (Phi) is 6.29. The van der Waals surface area contributed by atoms with Gasteiger partial charge in [-0.2, -0.15) is 0 Å². The van der Waals surface area contributed by atoms with Crippen LogP contribution in [0.5, 0.6) is 0 Å². The van der Waals surface area contributed by atoms with E-state index in [0.717, 1.165) is 52.2 Å². The second-order valence-corrected chi connectivity index (χ2v) is 4.62. The average molecular weight is 242 g/mol. The largest absolute Gasteiger partial charge is 0.330 e. The summed E-state index contributed by atoms with van der Waals surface area (Å²) in [5.74, 6) is 0. The first-order valence-corrected chi connectivity index (χ1v) is 6.61. The maximum Gasteiger partial charge on any atom is 0.319 e. The zero-order chi connectivity index (χ0) is 12.7. The molecule has 1 fully saturated rings. The average Bonchev–Trinajstić information content (AvgIpc) is 2.38. The van der Waals surface area contributed by atoms with E-state index in [0.29, 0.717) is 0 Å². The minimum Gasteiger partial charge on any atom is -0.330 e. The van der Waals surface area contributed by atoms with Crippen LogP contribution in [0.15, 0.2) is 0 Å². The quantitative estimate of drug-likeness (QED) is 0.711. The van der Waals surface area contributed by atoms with Crippen molar-refractivity contribution in [2.45, 2.75) is 19.8 Å². The van der Waals surface area contributed by atoms with Crippen LogP contribution in [-0.2, 0) is 0 Å². The van der Waals surface area contributed by atoms with Crippen LogP contribution < -0.4 is 5.73 Å². The van der Waals surface area contributed by atoms with Crippen molar-refractivity contribution in [3.63, 3.8) is 0 Å². The molecule has 1 saturated heterocycles. The molecule has 1 aliphatic rings. The van der Waals surface area contributed by atoms with E-state index in [2.05, 4.69) is 4.90 Å². The van der Waals surface area contributed by atoms with Gasteiger partial charge in [0.2, 0.25) is 0 Å². The van der Waals surface area contributed by atoms with Crippen molar-refractivity contribution < 1.29 is 4.79 Å². The Balaban J connectivity index is 2.23. The highest BCUT2D eigenvalue weighted by Gasteiger charge is 2.22. The summed E-state index contributed by atoms with van der Waals surface area (Å²) in [4.78, 5) is 18.1. The topological polar surface area (TPSA) is 52.8 Å². The van der Waals surface area contributed by atoms with E-state index in [4.69, 9.17) is 5.73 Å². The molecule has 0 aromatic carbocycles. The molecule has 0 aliphatic carbocycles. The molecular weight excluding hydrogens is 216 g/mol. The number of nitrogens with two attached hydrogens (primary N) is 1. The van der Waals surface area contributed by atoms with Crippen molar-refractivity contribution in [1.29, 1.82) is 0 Å². The lowest BCUT2D eigenvalue weighted by molar-refractivity contribution is 0.119. The van der Waals surface area contributed by atoms with Gasteiger partial charge in [0.1, 0.15) is 0 Å². The Labute approximate surface area is 105 Å². The third kappa shape index (κ3) is 4.52. The Hall–Kier alpha value is -0.810. The Morgan fingerprint density at radius 2 is 1.88 bits per heavy atom. The molecule has 17 heavy (non-hydrogen) atoms. The third-order valence-electron chi connectivity index (χ3n) is 3.37. The van der Waals surface area contributed by atoms with Crippen LogP contribution in [0, 0.1) is 0 Å².